The zero-order valence-corrected chi connectivity index (χ0v) is 15.7. The fraction of sp³-hybridized carbons (Fsp3) is 0.650. The summed E-state index contributed by atoms with van der Waals surface area (Å²) in [6.07, 6.45) is 4.04. The molecule has 0 saturated heterocycles. The minimum atomic E-state index is -0.237. The lowest BCUT2D eigenvalue weighted by Crippen LogP contribution is -2.38. The molecule has 1 aliphatic carbocycles. The summed E-state index contributed by atoms with van der Waals surface area (Å²) in [5.74, 6) is 1.85. The van der Waals surface area contributed by atoms with Gasteiger partial charge in [-0.2, -0.15) is 0 Å². The molecule has 1 aromatic carbocycles. The van der Waals surface area contributed by atoms with E-state index in [1.807, 2.05) is 13.0 Å². The number of nitrogens with one attached hydrogen (secondary N) is 1. The molecule has 4 nitrogen and oxygen atoms in total. The Bertz CT molecular complexity index is 583. The lowest BCUT2D eigenvalue weighted by atomic mass is 9.74. The van der Waals surface area contributed by atoms with Gasteiger partial charge in [0, 0.05) is 6.04 Å². The molecule has 0 radical (unpaired) electrons. The summed E-state index contributed by atoms with van der Waals surface area (Å²) in [6, 6.07) is 4.44. The number of esters is 1. The van der Waals surface area contributed by atoms with Crippen LogP contribution in [0.2, 0.25) is 0 Å². The van der Waals surface area contributed by atoms with Gasteiger partial charge in [0.05, 0.1) is 24.9 Å². The van der Waals surface area contributed by atoms with E-state index in [1.165, 1.54) is 26.4 Å². The first kappa shape index (κ1) is 18.6. The minimum Gasteiger partial charge on any atom is -0.469 e. The monoisotopic (exact) mass is 332 g/mol. The van der Waals surface area contributed by atoms with Crippen molar-refractivity contribution in [2.75, 3.05) is 18.2 Å². The van der Waals surface area contributed by atoms with Gasteiger partial charge in [0.15, 0.2) is 0 Å². The van der Waals surface area contributed by atoms with Crippen molar-refractivity contribution in [1.82, 2.24) is 0 Å². The molecule has 4 heteroatoms. The summed E-state index contributed by atoms with van der Waals surface area (Å²) in [4.78, 5) is 11.5. The quantitative estimate of drug-likeness (QED) is 0.627. The summed E-state index contributed by atoms with van der Waals surface area (Å²) >= 11 is 0. The number of aryl methyl sites for hydroxylation is 1. The normalized spacial score (nSPS) is 24.0. The standard InChI is InChI=1S/C20H32N2O2/c1-12(2)16-7-6-13(3)8-18(16)22-19-9-14(4)15(10-17(19)21)11-20(23)24-5/h9-10,12-13,16,18,22H,6-8,11,21H2,1-5H3/t13-,16+,18-/m1/s1. The molecule has 1 aliphatic rings. The van der Waals surface area contributed by atoms with Crippen LogP contribution in [0, 0.1) is 24.7 Å². The smallest absolute Gasteiger partial charge is 0.309 e. The second-order valence-corrected chi connectivity index (χ2v) is 7.70. The third-order valence-electron chi connectivity index (χ3n) is 5.43. The first-order valence-electron chi connectivity index (χ1n) is 9.04. The number of nitrogens with two attached hydrogens (primary N) is 1. The van der Waals surface area contributed by atoms with Crippen LogP contribution in [0.1, 0.15) is 51.2 Å². The molecule has 0 aromatic heterocycles. The molecular formula is C20H32N2O2. The van der Waals surface area contributed by atoms with Crippen molar-refractivity contribution < 1.29 is 9.53 Å². The topological polar surface area (TPSA) is 64.3 Å². The number of nitrogen functional groups attached to an aromatic ring is 1. The average molecular weight is 332 g/mol. The Morgan fingerprint density at radius 1 is 1.38 bits per heavy atom. The zero-order chi connectivity index (χ0) is 17.9. The molecule has 3 N–H and O–H groups in total. The Hall–Kier alpha value is -1.71. The van der Waals surface area contributed by atoms with Crippen molar-refractivity contribution in [2.45, 2.75) is 59.4 Å². The van der Waals surface area contributed by atoms with E-state index in [9.17, 15) is 4.79 Å². The molecule has 1 fully saturated rings. The summed E-state index contributed by atoms with van der Waals surface area (Å²) < 4.78 is 4.76. The number of hydrogen-bond acceptors (Lipinski definition) is 4. The van der Waals surface area contributed by atoms with Crippen LogP contribution in [0.4, 0.5) is 11.4 Å². The molecule has 0 aliphatic heterocycles. The highest BCUT2D eigenvalue weighted by atomic mass is 16.5. The SMILES string of the molecule is COC(=O)Cc1cc(N)c(N[C@@H]2C[C@H](C)CC[C@H]2C(C)C)cc1C. The first-order chi connectivity index (χ1) is 11.3. The molecule has 0 unspecified atom stereocenters. The van der Waals surface area contributed by atoms with E-state index in [2.05, 4.69) is 32.2 Å². The number of benzene rings is 1. The van der Waals surface area contributed by atoms with Crippen molar-refractivity contribution in [3.05, 3.63) is 23.3 Å². The second-order valence-electron chi connectivity index (χ2n) is 7.70. The van der Waals surface area contributed by atoms with Gasteiger partial charge in [-0.25, -0.2) is 0 Å². The number of methoxy groups -OCH3 is 1. The Labute approximate surface area is 146 Å². The molecule has 2 rings (SSSR count). The van der Waals surface area contributed by atoms with Crippen LogP contribution < -0.4 is 11.1 Å². The Morgan fingerprint density at radius 3 is 2.71 bits per heavy atom. The number of hydrogen-bond donors (Lipinski definition) is 2. The van der Waals surface area contributed by atoms with Crippen molar-refractivity contribution in [3.8, 4) is 0 Å². The number of rotatable bonds is 5. The van der Waals surface area contributed by atoms with E-state index in [1.54, 1.807) is 0 Å². The van der Waals surface area contributed by atoms with E-state index in [0.717, 1.165) is 22.7 Å². The highest BCUT2D eigenvalue weighted by Crippen LogP contribution is 2.36. The van der Waals surface area contributed by atoms with E-state index in [4.69, 9.17) is 10.5 Å². The van der Waals surface area contributed by atoms with Crippen LogP contribution >= 0.6 is 0 Å². The van der Waals surface area contributed by atoms with Crippen molar-refractivity contribution in [1.29, 1.82) is 0 Å². The molecule has 0 spiro atoms. The molecule has 0 amide bonds. The van der Waals surface area contributed by atoms with Crippen LogP contribution in [0.5, 0.6) is 0 Å². The number of anilines is 2. The van der Waals surface area contributed by atoms with Crippen molar-refractivity contribution in [2.24, 2.45) is 17.8 Å². The van der Waals surface area contributed by atoms with Gasteiger partial charge in [-0.05, 0) is 60.8 Å². The summed E-state index contributed by atoms with van der Waals surface area (Å²) in [5, 5.41) is 3.71. The minimum absolute atomic E-state index is 0.237. The van der Waals surface area contributed by atoms with Crippen LogP contribution in [-0.4, -0.2) is 19.1 Å². The highest BCUT2D eigenvalue weighted by Gasteiger charge is 2.31. The summed E-state index contributed by atoms with van der Waals surface area (Å²) in [6.45, 7) is 8.97. The summed E-state index contributed by atoms with van der Waals surface area (Å²) in [7, 11) is 1.41. The third-order valence-corrected chi connectivity index (χ3v) is 5.43. The van der Waals surface area contributed by atoms with Crippen LogP contribution in [0.25, 0.3) is 0 Å². The number of ether oxygens (including phenoxy) is 1. The lowest BCUT2D eigenvalue weighted by Gasteiger charge is -2.38. The lowest BCUT2D eigenvalue weighted by molar-refractivity contribution is -0.139. The largest absolute Gasteiger partial charge is 0.469 e. The zero-order valence-electron chi connectivity index (χ0n) is 15.7. The Balaban J connectivity index is 2.19. The van der Waals surface area contributed by atoms with Gasteiger partial charge in [-0.1, -0.05) is 27.2 Å². The third kappa shape index (κ3) is 4.43. The molecular weight excluding hydrogens is 300 g/mol. The van der Waals surface area contributed by atoms with Crippen molar-refractivity contribution in [3.63, 3.8) is 0 Å². The predicted octanol–water partition coefficient (Wildman–Crippen LogP) is 4.17. The van der Waals surface area contributed by atoms with E-state index < -0.39 is 0 Å². The van der Waals surface area contributed by atoms with Crippen LogP contribution in [0.3, 0.4) is 0 Å². The second kappa shape index (κ2) is 7.91. The van der Waals surface area contributed by atoms with E-state index >= 15 is 0 Å². The van der Waals surface area contributed by atoms with Gasteiger partial charge < -0.3 is 15.8 Å². The average Bonchev–Trinajstić information content (AvgIpc) is 2.51. The van der Waals surface area contributed by atoms with E-state index in [-0.39, 0.29) is 12.4 Å². The molecule has 0 bridgehead atoms. The van der Waals surface area contributed by atoms with Crippen molar-refractivity contribution >= 4 is 17.3 Å². The maximum Gasteiger partial charge on any atom is 0.309 e. The Kier molecular flexibility index (Phi) is 6.14. The maximum absolute atomic E-state index is 11.5. The maximum atomic E-state index is 11.5. The molecule has 24 heavy (non-hydrogen) atoms. The molecule has 1 saturated carbocycles. The van der Waals surface area contributed by atoms with Gasteiger partial charge in [-0.3, -0.25) is 4.79 Å². The van der Waals surface area contributed by atoms with Gasteiger partial charge in [0.25, 0.3) is 0 Å². The molecule has 134 valence electrons. The first-order valence-corrected chi connectivity index (χ1v) is 9.04. The number of carbonyl (C=O) groups is 1. The highest BCUT2D eigenvalue weighted by molar-refractivity contribution is 5.76. The fourth-order valence-corrected chi connectivity index (χ4v) is 3.88. The summed E-state index contributed by atoms with van der Waals surface area (Å²) in [5.41, 5.74) is 9.97. The van der Waals surface area contributed by atoms with Crippen LogP contribution in [-0.2, 0) is 16.0 Å². The molecule has 3 atom stereocenters. The van der Waals surface area contributed by atoms with Gasteiger partial charge >= 0.3 is 5.97 Å². The fourth-order valence-electron chi connectivity index (χ4n) is 3.88. The van der Waals surface area contributed by atoms with E-state index in [0.29, 0.717) is 23.6 Å². The molecule has 1 aromatic rings. The Morgan fingerprint density at radius 2 is 2.08 bits per heavy atom. The van der Waals surface area contributed by atoms with Crippen LogP contribution in [0.15, 0.2) is 12.1 Å². The number of carbonyl (C=O) groups excluding carboxylic acids is 1. The predicted molar refractivity (Wildman–Crippen MR) is 100 cm³/mol. The molecule has 0 heterocycles. The van der Waals surface area contributed by atoms with Gasteiger partial charge in [0.2, 0.25) is 0 Å². The van der Waals surface area contributed by atoms with Gasteiger partial charge in [-0.15, -0.1) is 0 Å². The van der Waals surface area contributed by atoms with Gasteiger partial charge in [0.1, 0.15) is 0 Å².